The van der Waals surface area contributed by atoms with E-state index in [0.717, 1.165) is 5.56 Å². The van der Waals surface area contributed by atoms with Crippen LogP contribution in [0.5, 0.6) is 11.5 Å². The zero-order valence-corrected chi connectivity index (χ0v) is 16.9. The highest BCUT2D eigenvalue weighted by Gasteiger charge is 2.32. The van der Waals surface area contributed by atoms with Crippen molar-refractivity contribution in [3.05, 3.63) is 56.6 Å². The number of carbonyl (C=O) groups is 1. The van der Waals surface area contributed by atoms with Gasteiger partial charge in [-0.3, -0.25) is 9.69 Å². The van der Waals surface area contributed by atoms with Crippen LogP contribution in [0.1, 0.15) is 5.56 Å². The number of nitrogens with zero attached hydrogens (tertiary/aromatic N) is 1. The van der Waals surface area contributed by atoms with Crippen LogP contribution in [-0.2, 0) is 4.79 Å². The Kier molecular flexibility index (Phi) is 5.12. The summed E-state index contributed by atoms with van der Waals surface area (Å²) < 4.78 is 6.17. The number of rotatable bonds is 3. The molecule has 0 aromatic heterocycles. The summed E-state index contributed by atoms with van der Waals surface area (Å²) in [6.45, 7) is 0. The van der Waals surface area contributed by atoms with Crippen molar-refractivity contribution in [1.29, 1.82) is 0 Å². The maximum Gasteiger partial charge on any atom is 0.281 e. The van der Waals surface area contributed by atoms with Gasteiger partial charge in [-0.25, -0.2) is 0 Å². The molecule has 1 heterocycles. The number of aromatic hydroxyl groups is 1. The van der Waals surface area contributed by atoms with E-state index < -0.39 is 0 Å². The van der Waals surface area contributed by atoms with E-state index in [2.05, 4.69) is 37.2 Å². The lowest BCUT2D eigenvalue weighted by Gasteiger charge is -2.14. The fraction of sp³-hybridized carbons (Fsp3) is 0.0588. The standard InChI is InChI=1S/C17H12Br2N2O3S/c1-24-11-4-2-10(3-5-11)21-16(23)14(20-17(21)25)8-9-6-12(18)15(22)13(19)7-9/h2-8,22H,1H3,(H,20,25)/b14-8-. The van der Waals surface area contributed by atoms with Crippen molar-refractivity contribution in [3.63, 3.8) is 0 Å². The average molecular weight is 484 g/mol. The van der Waals surface area contributed by atoms with E-state index in [1.807, 2.05) is 0 Å². The maximum atomic E-state index is 12.7. The summed E-state index contributed by atoms with van der Waals surface area (Å²) in [5, 5.41) is 13.0. The zero-order valence-electron chi connectivity index (χ0n) is 12.9. The molecule has 25 heavy (non-hydrogen) atoms. The SMILES string of the molecule is COc1ccc(N2C(=O)/C(=C/c3cc(Br)c(O)c(Br)c3)NC2=S)cc1. The molecule has 2 aromatic carbocycles. The third-order valence-electron chi connectivity index (χ3n) is 3.56. The van der Waals surface area contributed by atoms with E-state index in [4.69, 9.17) is 17.0 Å². The zero-order chi connectivity index (χ0) is 18.1. The number of ether oxygens (including phenoxy) is 1. The maximum absolute atomic E-state index is 12.7. The van der Waals surface area contributed by atoms with E-state index in [0.29, 0.717) is 31.2 Å². The van der Waals surface area contributed by atoms with Crippen LogP contribution >= 0.6 is 44.1 Å². The second-order valence-corrected chi connectivity index (χ2v) is 7.26. The number of nitrogens with one attached hydrogen (secondary N) is 1. The minimum Gasteiger partial charge on any atom is -0.506 e. The van der Waals surface area contributed by atoms with Gasteiger partial charge in [-0.1, -0.05) is 0 Å². The van der Waals surface area contributed by atoms with Crippen LogP contribution in [0.25, 0.3) is 6.08 Å². The molecule has 0 atom stereocenters. The van der Waals surface area contributed by atoms with Gasteiger partial charge in [0.15, 0.2) is 5.11 Å². The lowest BCUT2D eigenvalue weighted by atomic mass is 10.2. The Hall–Kier alpha value is -1.90. The number of phenols is 1. The van der Waals surface area contributed by atoms with Gasteiger partial charge < -0.3 is 15.2 Å². The quantitative estimate of drug-likeness (QED) is 0.506. The van der Waals surface area contributed by atoms with E-state index in [-0.39, 0.29) is 11.7 Å². The number of amides is 1. The molecule has 1 saturated heterocycles. The fourth-order valence-electron chi connectivity index (χ4n) is 2.34. The third kappa shape index (κ3) is 3.56. The highest BCUT2D eigenvalue weighted by Crippen LogP contribution is 2.34. The van der Waals surface area contributed by atoms with Gasteiger partial charge in [0.05, 0.1) is 21.7 Å². The van der Waals surface area contributed by atoms with Crippen molar-refractivity contribution >= 4 is 66.9 Å². The predicted octanol–water partition coefficient (Wildman–Crippen LogP) is 4.19. The molecule has 128 valence electrons. The molecule has 1 fully saturated rings. The number of thiocarbonyl (C=S) groups is 1. The minimum absolute atomic E-state index is 0.100. The van der Waals surface area contributed by atoms with Crippen molar-refractivity contribution in [2.24, 2.45) is 0 Å². The molecule has 0 aliphatic carbocycles. The Morgan fingerprint density at radius 3 is 2.36 bits per heavy atom. The van der Waals surface area contributed by atoms with E-state index >= 15 is 0 Å². The molecule has 0 unspecified atom stereocenters. The molecule has 2 aromatic rings. The van der Waals surface area contributed by atoms with E-state index in [1.165, 1.54) is 4.90 Å². The molecule has 0 radical (unpaired) electrons. The van der Waals surface area contributed by atoms with Crippen molar-refractivity contribution in [1.82, 2.24) is 5.32 Å². The Labute approximate surface area is 166 Å². The molecule has 0 spiro atoms. The predicted molar refractivity (Wildman–Crippen MR) is 108 cm³/mol. The second kappa shape index (κ2) is 7.15. The van der Waals surface area contributed by atoms with Crippen LogP contribution < -0.4 is 15.0 Å². The Morgan fingerprint density at radius 1 is 1.20 bits per heavy atom. The summed E-state index contributed by atoms with van der Waals surface area (Å²) in [6.07, 6.45) is 1.67. The van der Waals surface area contributed by atoms with Gasteiger partial charge in [0.25, 0.3) is 5.91 Å². The summed E-state index contributed by atoms with van der Waals surface area (Å²) in [6, 6.07) is 10.5. The number of benzene rings is 2. The third-order valence-corrected chi connectivity index (χ3v) is 5.05. The van der Waals surface area contributed by atoms with Gasteiger partial charge in [-0.05, 0) is 92.1 Å². The van der Waals surface area contributed by atoms with Gasteiger partial charge in [0, 0.05) is 0 Å². The first-order chi connectivity index (χ1) is 11.9. The van der Waals surface area contributed by atoms with Gasteiger partial charge in [-0.15, -0.1) is 0 Å². The molecule has 1 aliphatic heterocycles. The van der Waals surface area contributed by atoms with Crippen molar-refractivity contribution in [3.8, 4) is 11.5 Å². The topological polar surface area (TPSA) is 61.8 Å². The van der Waals surface area contributed by atoms with Crippen LogP contribution in [0.15, 0.2) is 51.0 Å². The highest BCUT2D eigenvalue weighted by molar-refractivity contribution is 9.11. The Morgan fingerprint density at radius 2 is 1.80 bits per heavy atom. The van der Waals surface area contributed by atoms with E-state index in [1.54, 1.807) is 49.6 Å². The molecule has 5 nitrogen and oxygen atoms in total. The van der Waals surface area contributed by atoms with Crippen LogP contribution in [0.3, 0.4) is 0 Å². The van der Waals surface area contributed by atoms with Gasteiger partial charge in [0.2, 0.25) is 0 Å². The molecule has 1 amide bonds. The van der Waals surface area contributed by atoms with Crippen LogP contribution in [0.4, 0.5) is 5.69 Å². The van der Waals surface area contributed by atoms with Crippen molar-refractivity contribution in [2.45, 2.75) is 0 Å². The molecule has 0 bridgehead atoms. The van der Waals surface area contributed by atoms with Gasteiger partial charge in [-0.2, -0.15) is 0 Å². The highest BCUT2D eigenvalue weighted by atomic mass is 79.9. The van der Waals surface area contributed by atoms with Crippen molar-refractivity contribution < 1.29 is 14.6 Å². The first-order valence-electron chi connectivity index (χ1n) is 7.10. The number of methoxy groups -OCH3 is 1. The number of phenolic OH excluding ortho intramolecular Hbond substituents is 1. The Balaban J connectivity index is 1.92. The first kappa shape index (κ1) is 17.9. The van der Waals surface area contributed by atoms with E-state index in [9.17, 15) is 9.90 Å². The second-order valence-electron chi connectivity index (χ2n) is 5.16. The van der Waals surface area contributed by atoms with Gasteiger partial charge >= 0.3 is 0 Å². The normalized spacial score (nSPS) is 15.6. The summed E-state index contributed by atoms with van der Waals surface area (Å²) in [5.41, 5.74) is 1.73. The number of carbonyl (C=O) groups excluding carboxylic acids is 1. The fourth-order valence-corrected chi connectivity index (χ4v) is 3.86. The van der Waals surface area contributed by atoms with Gasteiger partial charge in [0.1, 0.15) is 17.2 Å². The molecule has 3 rings (SSSR count). The number of hydrogen-bond acceptors (Lipinski definition) is 4. The smallest absolute Gasteiger partial charge is 0.281 e. The lowest BCUT2D eigenvalue weighted by molar-refractivity contribution is -0.113. The number of halogens is 2. The molecular weight excluding hydrogens is 472 g/mol. The lowest BCUT2D eigenvalue weighted by Crippen LogP contribution is -2.30. The molecule has 0 saturated carbocycles. The van der Waals surface area contributed by atoms with Crippen molar-refractivity contribution in [2.75, 3.05) is 12.0 Å². The first-order valence-corrected chi connectivity index (χ1v) is 9.09. The summed E-state index contributed by atoms with van der Waals surface area (Å²) in [5.74, 6) is 0.544. The number of anilines is 1. The van der Waals surface area contributed by atoms with Crippen LogP contribution in [-0.4, -0.2) is 23.2 Å². The largest absolute Gasteiger partial charge is 0.506 e. The number of hydrogen-bond donors (Lipinski definition) is 2. The molecular formula is C17H12Br2N2O3S. The summed E-state index contributed by atoms with van der Waals surface area (Å²) in [4.78, 5) is 14.1. The minimum atomic E-state index is -0.254. The van der Waals surface area contributed by atoms with Crippen LogP contribution in [0, 0.1) is 0 Å². The summed E-state index contributed by atoms with van der Waals surface area (Å²) in [7, 11) is 1.58. The average Bonchev–Trinajstić information content (AvgIpc) is 2.86. The van der Waals surface area contributed by atoms with Crippen LogP contribution in [0.2, 0.25) is 0 Å². The molecule has 8 heteroatoms. The summed E-state index contributed by atoms with van der Waals surface area (Å²) >= 11 is 11.8. The Bertz CT molecular complexity index is 874. The monoisotopic (exact) mass is 482 g/mol. The molecule has 2 N–H and O–H groups in total. The molecule has 1 aliphatic rings.